The van der Waals surface area contributed by atoms with E-state index < -0.39 is 42.0 Å². The van der Waals surface area contributed by atoms with Crippen LogP contribution in [0.3, 0.4) is 0 Å². The third-order valence-electron chi connectivity index (χ3n) is 6.30. The normalized spacial score (nSPS) is 27.7. The van der Waals surface area contributed by atoms with Crippen molar-refractivity contribution in [1.82, 2.24) is 0 Å². The molecule has 170 valence electrons. The van der Waals surface area contributed by atoms with Crippen molar-refractivity contribution in [3.8, 4) is 11.5 Å². The van der Waals surface area contributed by atoms with Crippen molar-refractivity contribution < 1.29 is 36.2 Å². The number of hydrogen-bond donors (Lipinski definition) is 0. The number of halogens is 5. The van der Waals surface area contributed by atoms with Crippen molar-refractivity contribution in [2.24, 2.45) is 17.8 Å². The summed E-state index contributed by atoms with van der Waals surface area (Å²) in [5.41, 5.74) is 0. The molecule has 30 heavy (non-hydrogen) atoms. The second kappa shape index (κ2) is 10.2. The molecule has 3 rings (SSSR count). The highest BCUT2D eigenvalue weighted by atomic mass is 19.3. The zero-order valence-electron chi connectivity index (χ0n) is 17.1. The molecule has 0 radical (unpaired) electrons. The lowest BCUT2D eigenvalue weighted by atomic mass is 9.76. The molecule has 1 aromatic carbocycles. The van der Waals surface area contributed by atoms with Gasteiger partial charge in [-0.3, -0.25) is 0 Å². The first-order chi connectivity index (χ1) is 14.3. The highest BCUT2D eigenvalue weighted by molar-refractivity contribution is 5.35. The third kappa shape index (κ3) is 5.56. The molecule has 1 heterocycles. The maximum atomic E-state index is 14.6. The van der Waals surface area contributed by atoms with Gasteiger partial charge in [0, 0.05) is 18.7 Å². The summed E-state index contributed by atoms with van der Waals surface area (Å²) in [7, 11) is 0. The lowest BCUT2D eigenvalue weighted by Gasteiger charge is -2.39. The van der Waals surface area contributed by atoms with Crippen LogP contribution in [0, 0.1) is 29.4 Å². The Bertz CT molecular complexity index is 660. The molecule has 1 saturated carbocycles. The molecule has 1 aliphatic carbocycles. The van der Waals surface area contributed by atoms with E-state index in [4.69, 9.17) is 4.74 Å². The fourth-order valence-corrected chi connectivity index (χ4v) is 4.69. The van der Waals surface area contributed by atoms with Crippen LogP contribution >= 0.6 is 0 Å². The fourth-order valence-electron chi connectivity index (χ4n) is 4.69. The van der Waals surface area contributed by atoms with E-state index in [1.807, 2.05) is 0 Å². The predicted molar refractivity (Wildman–Crippen MR) is 101 cm³/mol. The molecule has 0 aromatic heterocycles. The Hall–Kier alpha value is -1.57. The van der Waals surface area contributed by atoms with Gasteiger partial charge in [-0.25, -0.2) is 13.2 Å². The van der Waals surface area contributed by atoms with Gasteiger partial charge in [-0.05, 0) is 56.8 Å². The highest BCUT2D eigenvalue weighted by Crippen LogP contribution is 2.43. The molecule has 8 heteroatoms. The van der Waals surface area contributed by atoms with Crippen LogP contribution in [0.25, 0.3) is 0 Å². The van der Waals surface area contributed by atoms with E-state index in [9.17, 15) is 22.0 Å². The Labute approximate surface area is 173 Å². The molecule has 0 N–H and O–H groups in total. The molecule has 0 bridgehead atoms. The minimum Gasteiger partial charge on any atom is -0.457 e. The largest absolute Gasteiger partial charge is 0.457 e. The molecule has 2 aliphatic rings. The van der Waals surface area contributed by atoms with E-state index in [1.54, 1.807) is 0 Å². The van der Waals surface area contributed by atoms with E-state index in [-0.39, 0.29) is 24.9 Å². The van der Waals surface area contributed by atoms with Gasteiger partial charge in [0.2, 0.25) is 6.86 Å². The summed E-state index contributed by atoms with van der Waals surface area (Å²) in [6, 6.07) is 1.16. The summed E-state index contributed by atoms with van der Waals surface area (Å²) >= 11 is 0. The summed E-state index contributed by atoms with van der Waals surface area (Å²) < 4.78 is 83.8. The van der Waals surface area contributed by atoms with Crippen LogP contribution in [0.1, 0.15) is 58.3 Å². The minimum absolute atomic E-state index is 0.125. The minimum atomic E-state index is -3.56. The number of benzene rings is 1. The van der Waals surface area contributed by atoms with Crippen LogP contribution in [0.4, 0.5) is 22.0 Å². The average Bonchev–Trinajstić information content (AvgIpc) is 2.71. The summed E-state index contributed by atoms with van der Waals surface area (Å²) in [5.74, 6) is -4.38. The van der Waals surface area contributed by atoms with Crippen molar-refractivity contribution in [2.45, 2.75) is 70.5 Å². The van der Waals surface area contributed by atoms with Crippen LogP contribution < -0.4 is 9.47 Å². The Morgan fingerprint density at radius 3 is 2.23 bits per heavy atom. The molecule has 1 aliphatic heterocycles. The lowest BCUT2D eigenvalue weighted by Crippen LogP contribution is -2.40. The quantitative estimate of drug-likeness (QED) is 0.428. The van der Waals surface area contributed by atoms with Gasteiger partial charge in [0.05, 0.1) is 12.0 Å². The molecule has 2 fully saturated rings. The summed E-state index contributed by atoms with van der Waals surface area (Å²) in [5, 5.41) is 0. The number of ether oxygens (including phenoxy) is 3. The maximum Gasteiger partial charge on any atom is 0.400 e. The topological polar surface area (TPSA) is 27.7 Å². The number of alkyl halides is 3. The molecule has 1 aromatic rings. The first-order valence-corrected chi connectivity index (χ1v) is 10.7. The molecule has 3 nitrogen and oxygen atoms in total. The van der Waals surface area contributed by atoms with Crippen molar-refractivity contribution in [3.63, 3.8) is 0 Å². The highest BCUT2D eigenvalue weighted by Gasteiger charge is 2.45. The van der Waals surface area contributed by atoms with E-state index >= 15 is 0 Å². The van der Waals surface area contributed by atoms with Crippen LogP contribution in [-0.2, 0) is 4.74 Å². The molecule has 1 saturated heterocycles. The summed E-state index contributed by atoms with van der Waals surface area (Å²) in [4.78, 5) is 0. The monoisotopic (exact) mass is 436 g/mol. The standard InChI is InChI=1S/C22H29F5O3/c1-2-3-14-4-9-20(28-12-14)15-5-7-16(8-6-15)22(26,27)30-17-10-18(24)21(29-13-23)19(25)11-17/h10-11,14-16,20H,2-9,12-13H2,1H3. The molecular formula is C22H29F5O3. The fraction of sp³-hybridized carbons (Fsp3) is 0.727. The second-order valence-electron chi connectivity index (χ2n) is 8.35. The van der Waals surface area contributed by atoms with Gasteiger partial charge in [-0.2, -0.15) is 8.78 Å². The zero-order valence-corrected chi connectivity index (χ0v) is 17.1. The summed E-state index contributed by atoms with van der Waals surface area (Å²) in [6.07, 6.45) is 2.68. The van der Waals surface area contributed by atoms with Crippen LogP contribution in [0.5, 0.6) is 11.5 Å². The Kier molecular flexibility index (Phi) is 7.82. The van der Waals surface area contributed by atoms with Crippen LogP contribution in [0.15, 0.2) is 12.1 Å². The van der Waals surface area contributed by atoms with Gasteiger partial charge >= 0.3 is 6.11 Å². The van der Waals surface area contributed by atoms with Gasteiger partial charge in [-0.1, -0.05) is 13.3 Å². The van der Waals surface area contributed by atoms with Gasteiger partial charge in [0.25, 0.3) is 0 Å². The molecule has 2 unspecified atom stereocenters. The molecule has 0 amide bonds. The van der Waals surface area contributed by atoms with Crippen molar-refractivity contribution >= 4 is 0 Å². The van der Waals surface area contributed by atoms with Gasteiger partial charge in [-0.15, -0.1) is 0 Å². The molecule has 2 atom stereocenters. The third-order valence-corrected chi connectivity index (χ3v) is 6.30. The van der Waals surface area contributed by atoms with E-state index in [1.165, 1.54) is 0 Å². The average molecular weight is 436 g/mol. The van der Waals surface area contributed by atoms with Gasteiger partial charge in [0.1, 0.15) is 5.75 Å². The van der Waals surface area contributed by atoms with E-state index in [0.717, 1.165) is 32.3 Å². The molecule has 0 spiro atoms. The lowest BCUT2D eigenvalue weighted by molar-refractivity contribution is -0.225. The number of rotatable bonds is 8. The second-order valence-corrected chi connectivity index (χ2v) is 8.35. The van der Waals surface area contributed by atoms with Crippen LogP contribution in [-0.4, -0.2) is 25.7 Å². The Morgan fingerprint density at radius 2 is 1.70 bits per heavy atom. The first-order valence-electron chi connectivity index (χ1n) is 10.7. The van der Waals surface area contributed by atoms with Crippen LogP contribution in [0.2, 0.25) is 0 Å². The van der Waals surface area contributed by atoms with Crippen molar-refractivity contribution in [2.75, 3.05) is 13.5 Å². The molecular weight excluding hydrogens is 407 g/mol. The van der Waals surface area contributed by atoms with E-state index in [0.29, 0.717) is 30.9 Å². The SMILES string of the molecule is CCCC1CCC(C2CCC(C(F)(F)Oc3cc(F)c(OCF)c(F)c3)CC2)OC1. The first kappa shape index (κ1) is 23.1. The van der Waals surface area contributed by atoms with E-state index in [2.05, 4.69) is 16.4 Å². The smallest absolute Gasteiger partial charge is 0.400 e. The maximum absolute atomic E-state index is 14.6. The zero-order chi connectivity index (χ0) is 21.7. The number of hydrogen-bond acceptors (Lipinski definition) is 3. The Morgan fingerprint density at radius 1 is 1.03 bits per heavy atom. The Balaban J connectivity index is 1.53. The van der Waals surface area contributed by atoms with Gasteiger partial charge in [0.15, 0.2) is 17.4 Å². The van der Waals surface area contributed by atoms with Crippen molar-refractivity contribution in [1.29, 1.82) is 0 Å². The van der Waals surface area contributed by atoms with Gasteiger partial charge < -0.3 is 14.2 Å². The predicted octanol–water partition coefficient (Wildman–Crippen LogP) is 6.64. The summed E-state index contributed by atoms with van der Waals surface area (Å²) in [6.45, 7) is 1.47. The van der Waals surface area contributed by atoms with Crippen molar-refractivity contribution in [3.05, 3.63) is 23.8 Å².